The van der Waals surface area contributed by atoms with E-state index in [1.54, 1.807) is 12.1 Å². The van der Waals surface area contributed by atoms with Crippen LogP contribution in [-0.2, 0) is 0 Å². The van der Waals surface area contributed by atoms with E-state index in [1.807, 2.05) is 31.2 Å². The van der Waals surface area contributed by atoms with E-state index in [0.29, 0.717) is 5.56 Å². The second-order valence-electron chi connectivity index (χ2n) is 7.31. The molecule has 2 aromatic carbocycles. The average Bonchev–Trinajstić information content (AvgIpc) is 2.69. The fourth-order valence-electron chi connectivity index (χ4n) is 3.27. The van der Waals surface area contributed by atoms with E-state index in [2.05, 4.69) is 22.4 Å². The van der Waals surface area contributed by atoms with Crippen LogP contribution in [0.1, 0.15) is 33.9 Å². The number of carbonyl (C=O) groups excluding carboxylic acids is 1. The first-order valence-corrected chi connectivity index (χ1v) is 9.46. The molecule has 0 spiro atoms. The van der Waals surface area contributed by atoms with Gasteiger partial charge < -0.3 is 4.90 Å². The summed E-state index contributed by atoms with van der Waals surface area (Å²) < 4.78 is 0. The third kappa shape index (κ3) is 5.22. The van der Waals surface area contributed by atoms with Gasteiger partial charge >= 0.3 is 0 Å². The first kappa shape index (κ1) is 20.1. The molecule has 28 heavy (non-hydrogen) atoms. The Balaban J connectivity index is 1.77. The Bertz CT molecular complexity index is 813. The largest absolute Gasteiger partial charge is 0.304 e. The van der Waals surface area contributed by atoms with E-state index in [0.717, 1.165) is 37.3 Å². The molecule has 1 N–H and O–H groups in total. The van der Waals surface area contributed by atoms with Crippen molar-refractivity contribution in [1.29, 1.82) is 0 Å². The van der Waals surface area contributed by atoms with Gasteiger partial charge in [0.25, 0.3) is 5.69 Å². The number of aryl methyl sites for hydroxylation is 1. The molecule has 0 saturated carbocycles. The zero-order valence-corrected chi connectivity index (χ0v) is 16.3. The van der Waals surface area contributed by atoms with Crippen molar-refractivity contribution in [2.45, 2.75) is 19.4 Å². The lowest BCUT2D eigenvalue weighted by atomic mass is 9.97. The number of rotatable bonds is 7. The number of hydrazine groups is 1. The van der Waals surface area contributed by atoms with Crippen LogP contribution in [0.4, 0.5) is 5.69 Å². The Morgan fingerprint density at radius 2 is 1.68 bits per heavy atom. The van der Waals surface area contributed by atoms with Gasteiger partial charge in [-0.1, -0.05) is 42.0 Å². The summed E-state index contributed by atoms with van der Waals surface area (Å²) in [6.45, 7) is 5.61. The van der Waals surface area contributed by atoms with Crippen LogP contribution in [0.25, 0.3) is 0 Å². The van der Waals surface area contributed by atoms with Gasteiger partial charge in [-0.2, -0.15) is 0 Å². The Labute approximate surface area is 165 Å². The highest BCUT2D eigenvalue weighted by molar-refractivity contribution is 5.96. The fourth-order valence-corrected chi connectivity index (χ4v) is 3.27. The first-order chi connectivity index (χ1) is 13.4. The van der Waals surface area contributed by atoms with Gasteiger partial charge in [-0.05, 0) is 19.5 Å². The number of likely N-dealkylation sites (N-methyl/N-ethyl adjacent to an activating group) is 1. The van der Waals surface area contributed by atoms with Crippen LogP contribution in [0.2, 0.25) is 0 Å². The highest BCUT2D eigenvalue weighted by Gasteiger charge is 2.22. The van der Waals surface area contributed by atoms with Gasteiger partial charge in [0.05, 0.1) is 11.0 Å². The van der Waals surface area contributed by atoms with Crippen molar-refractivity contribution in [1.82, 2.24) is 15.3 Å². The van der Waals surface area contributed by atoms with E-state index < -0.39 is 4.92 Å². The molecule has 1 heterocycles. The number of nitro groups is 1. The lowest BCUT2D eigenvalue weighted by Gasteiger charge is -2.35. The summed E-state index contributed by atoms with van der Waals surface area (Å²) in [6.07, 6.45) is 0.285. The van der Waals surface area contributed by atoms with Crippen LogP contribution in [0.5, 0.6) is 0 Å². The summed E-state index contributed by atoms with van der Waals surface area (Å²) in [5.41, 5.74) is 6.17. The molecule has 0 amide bonds. The van der Waals surface area contributed by atoms with E-state index in [1.165, 1.54) is 12.1 Å². The van der Waals surface area contributed by atoms with Crippen LogP contribution in [0, 0.1) is 17.0 Å². The lowest BCUT2D eigenvalue weighted by Crippen LogP contribution is -2.51. The molecule has 7 nitrogen and oxygen atoms in total. The molecule has 0 aromatic heterocycles. The third-order valence-electron chi connectivity index (χ3n) is 5.11. The normalized spacial score (nSPS) is 16.6. The fraction of sp³-hybridized carbons (Fsp3) is 0.381. The Hall–Kier alpha value is -2.61. The standard InChI is InChI=1S/C21H26N4O3/c1-16-3-5-18(6-4-16)21(26)15-20(22-24-13-11-23(2)12-14-24)17-7-9-19(10-8-17)25(27)28/h3-10,20,22H,11-15H2,1-2H3. The summed E-state index contributed by atoms with van der Waals surface area (Å²) in [7, 11) is 2.09. The minimum absolute atomic E-state index is 0.0463. The maximum absolute atomic E-state index is 12.8. The van der Waals surface area contributed by atoms with Gasteiger partial charge in [0.15, 0.2) is 5.78 Å². The molecule has 1 saturated heterocycles. The summed E-state index contributed by atoms with van der Waals surface area (Å²) in [5, 5.41) is 13.1. The van der Waals surface area contributed by atoms with E-state index in [9.17, 15) is 14.9 Å². The smallest absolute Gasteiger partial charge is 0.269 e. The predicted octanol–water partition coefficient (Wildman–Crippen LogP) is 2.97. The minimum atomic E-state index is -0.413. The molecule has 0 bridgehead atoms. The quantitative estimate of drug-likeness (QED) is 0.451. The molecule has 1 aliphatic rings. The van der Waals surface area contributed by atoms with Gasteiger partial charge in [-0.25, -0.2) is 10.4 Å². The van der Waals surface area contributed by atoms with Crippen LogP contribution in [0.15, 0.2) is 48.5 Å². The molecular weight excluding hydrogens is 356 g/mol. The topological polar surface area (TPSA) is 78.7 Å². The number of ketones is 1. The SMILES string of the molecule is Cc1ccc(C(=O)CC(NN2CCN(C)CC2)c2ccc([N+](=O)[O-])cc2)cc1. The third-order valence-corrected chi connectivity index (χ3v) is 5.11. The monoisotopic (exact) mass is 382 g/mol. The highest BCUT2D eigenvalue weighted by Crippen LogP contribution is 2.23. The summed E-state index contributed by atoms with van der Waals surface area (Å²) in [4.78, 5) is 25.6. The van der Waals surface area contributed by atoms with E-state index >= 15 is 0 Å². The van der Waals surface area contributed by atoms with Crippen molar-refractivity contribution in [3.05, 3.63) is 75.3 Å². The first-order valence-electron chi connectivity index (χ1n) is 9.46. The van der Waals surface area contributed by atoms with Crippen molar-refractivity contribution in [2.24, 2.45) is 0 Å². The number of carbonyl (C=O) groups is 1. The Kier molecular flexibility index (Phi) is 6.51. The second kappa shape index (κ2) is 9.05. The molecule has 148 valence electrons. The molecule has 2 aromatic rings. The van der Waals surface area contributed by atoms with Gasteiger partial charge in [-0.3, -0.25) is 14.9 Å². The molecule has 0 aliphatic carbocycles. The van der Waals surface area contributed by atoms with Crippen molar-refractivity contribution in [2.75, 3.05) is 33.2 Å². The highest BCUT2D eigenvalue weighted by atomic mass is 16.6. The van der Waals surface area contributed by atoms with Crippen LogP contribution < -0.4 is 5.43 Å². The Morgan fingerprint density at radius 3 is 2.25 bits per heavy atom. The van der Waals surface area contributed by atoms with Gasteiger partial charge in [0.2, 0.25) is 0 Å². The maximum Gasteiger partial charge on any atom is 0.269 e. The summed E-state index contributed by atoms with van der Waals surface area (Å²) in [6, 6.07) is 13.8. The Morgan fingerprint density at radius 1 is 1.07 bits per heavy atom. The number of piperazine rings is 1. The zero-order valence-electron chi connectivity index (χ0n) is 16.3. The number of non-ortho nitro benzene ring substituents is 1. The predicted molar refractivity (Wildman–Crippen MR) is 108 cm³/mol. The molecule has 7 heteroatoms. The van der Waals surface area contributed by atoms with Crippen molar-refractivity contribution >= 4 is 11.5 Å². The van der Waals surface area contributed by atoms with Crippen LogP contribution in [0.3, 0.4) is 0 Å². The number of hydrogen-bond acceptors (Lipinski definition) is 6. The number of nitrogens with zero attached hydrogens (tertiary/aromatic N) is 3. The number of nitro benzene ring substituents is 1. The molecule has 0 radical (unpaired) electrons. The van der Waals surface area contributed by atoms with Crippen LogP contribution >= 0.6 is 0 Å². The molecule has 1 atom stereocenters. The van der Waals surface area contributed by atoms with Gasteiger partial charge in [-0.15, -0.1) is 0 Å². The van der Waals surface area contributed by atoms with Gasteiger partial charge in [0.1, 0.15) is 0 Å². The van der Waals surface area contributed by atoms with Gasteiger partial charge in [0, 0.05) is 50.3 Å². The number of Topliss-reactive ketones (excluding diaryl/α,β-unsaturated/α-hetero) is 1. The maximum atomic E-state index is 12.8. The molecule has 1 unspecified atom stereocenters. The van der Waals surface area contributed by atoms with Crippen molar-refractivity contribution in [3.63, 3.8) is 0 Å². The van der Waals surface area contributed by atoms with Crippen LogP contribution in [-0.4, -0.2) is 53.8 Å². The zero-order chi connectivity index (χ0) is 20.1. The van der Waals surface area contributed by atoms with E-state index in [-0.39, 0.29) is 23.9 Å². The average molecular weight is 382 g/mol. The van der Waals surface area contributed by atoms with Crippen molar-refractivity contribution in [3.8, 4) is 0 Å². The number of benzene rings is 2. The summed E-state index contributed by atoms with van der Waals surface area (Å²) >= 11 is 0. The number of nitrogens with one attached hydrogen (secondary N) is 1. The second-order valence-corrected chi connectivity index (χ2v) is 7.31. The molecular formula is C21H26N4O3. The van der Waals surface area contributed by atoms with Crippen molar-refractivity contribution < 1.29 is 9.72 Å². The lowest BCUT2D eigenvalue weighted by molar-refractivity contribution is -0.384. The molecule has 1 aliphatic heterocycles. The molecule has 3 rings (SSSR count). The van der Waals surface area contributed by atoms with E-state index in [4.69, 9.17) is 0 Å². The summed E-state index contributed by atoms with van der Waals surface area (Å²) in [5.74, 6) is 0.0463. The minimum Gasteiger partial charge on any atom is -0.304 e. The number of hydrogen-bond donors (Lipinski definition) is 1. The molecule has 1 fully saturated rings.